The van der Waals surface area contributed by atoms with Crippen molar-refractivity contribution >= 4 is 11.6 Å². The number of rotatable bonds is 4. The molecule has 0 saturated heterocycles. The van der Waals surface area contributed by atoms with E-state index in [1.54, 1.807) is 0 Å². The maximum atomic E-state index is 12.4. The number of anilines is 1. The molecule has 98 valence electrons. The Morgan fingerprint density at radius 3 is 2.44 bits per heavy atom. The monoisotopic (exact) mass is 247 g/mol. The minimum atomic E-state index is 0.132. The highest BCUT2D eigenvalue weighted by Crippen LogP contribution is 2.24. The molecule has 0 spiro atoms. The maximum absolute atomic E-state index is 12.4. The van der Waals surface area contributed by atoms with Crippen LogP contribution in [0.4, 0.5) is 5.69 Å². The first-order valence-corrected chi connectivity index (χ1v) is 6.64. The van der Waals surface area contributed by atoms with Gasteiger partial charge in [0.2, 0.25) is 0 Å². The van der Waals surface area contributed by atoms with Crippen LogP contribution in [0.1, 0.15) is 43.0 Å². The molecule has 1 aliphatic rings. The standard InChI is InChI=1S/C14H21N3O/c1-2-17(13-5-3-4-6-13)14(18)11-7-9-12(16-15)10-8-11/h7-10,13,16H,2-6,15H2,1H3. The number of carbonyl (C=O) groups is 1. The highest BCUT2D eigenvalue weighted by atomic mass is 16.2. The van der Waals surface area contributed by atoms with E-state index in [9.17, 15) is 4.79 Å². The number of nitrogen functional groups attached to an aromatic ring is 1. The average molecular weight is 247 g/mol. The van der Waals surface area contributed by atoms with Gasteiger partial charge >= 0.3 is 0 Å². The van der Waals surface area contributed by atoms with E-state index in [1.807, 2.05) is 36.1 Å². The van der Waals surface area contributed by atoms with Crippen molar-refractivity contribution in [2.45, 2.75) is 38.6 Å². The van der Waals surface area contributed by atoms with Crippen molar-refractivity contribution in [3.63, 3.8) is 0 Å². The molecule has 1 amide bonds. The second kappa shape index (κ2) is 5.87. The van der Waals surface area contributed by atoms with Gasteiger partial charge in [0.25, 0.3) is 5.91 Å². The summed E-state index contributed by atoms with van der Waals surface area (Å²) in [6.07, 6.45) is 4.76. The van der Waals surface area contributed by atoms with E-state index >= 15 is 0 Å². The Morgan fingerprint density at radius 1 is 1.33 bits per heavy atom. The second-order valence-electron chi connectivity index (χ2n) is 4.75. The maximum Gasteiger partial charge on any atom is 0.254 e. The first-order valence-electron chi connectivity index (χ1n) is 6.64. The second-order valence-corrected chi connectivity index (χ2v) is 4.75. The van der Waals surface area contributed by atoms with E-state index in [1.165, 1.54) is 12.8 Å². The highest BCUT2D eigenvalue weighted by molar-refractivity contribution is 5.94. The molecular formula is C14H21N3O. The molecule has 1 aromatic rings. The van der Waals surface area contributed by atoms with E-state index in [4.69, 9.17) is 5.84 Å². The smallest absolute Gasteiger partial charge is 0.254 e. The lowest BCUT2D eigenvalue weighted by molar-refractivity contribution is 0.0693. The van der Waals surface area contributed by atoms with Crippen molar-refractivity contribution in [1.82, 2.24) is 4.90 Å². The summed E-state index contributed by atoms with van der Waals surface area (Å²) in [5.41, 5.74) is 4.12. The van der Waals surface area contributed by atoms with Gasteiger partial charge in [-0.05, 0) is 44.0 Å². The Balaban J connectivity index is 2.11. The van der Waals surface area contributed by atoms with Gasteiger partial charge in [0.15, 0.2) is 0 Å². The van der Waals surface area contributed by atoms with Gasteiger partial charge in [0.05, 0.1) is 0 Å². The number of hydrazine groups is 1. The van der Waals surface area contributed by atoms with Gasteiger partial charge in [0, 0.05) is 23.8 Å². The fraction of sp³-hybridized carbons (Fsp3) is 0.500. The molecule has 0 radical (unpaired) electrons. The van der Waals surface area contributed by atoms with Gasteiger partial charge in [-0.1, -0.05) is 12.8 Å². The fourth-order valence-corrected chi connectivity index (χ4v) is 2.66. The Hall–Kier alpha value is -1.55. The Kier molecular flexibility index (Phi) is 4.20. The summed E-state index contributed by atoms with van der Waals surface area (Å²) in [5.74, 6) is 5.45. The summed E-state index contributed by atoms with van der Waals surface area (Å²) in [4.78, 5) is 14.4. The number of hydrogen-bond acceptors (Lipinski definition) is 3. The SMILES string of the molecule is CCN(C(=O)c1ccc(NN)cc1)C1CCCC1. The third-order valence-corrected chi connectivity index (χ3v) is 3.67. The summed E-state index contributed by atoms with van der Waals surface area (Å²) in [7, 11) is 0. The molecule has 3 N–H and O–H groups in total. The van der Waals surface area contributed by atoms with Gasteiger partial charge in [0.1, 0.15) is 0 Å². The largest absolute Gasteiger partial charge is 0.336 e. The lowest BCUT2D eigenvalue weighted by Crippen LogP contribution is -2.38. The molecule has 0 aliphatic heterocycles. The van der Waals surface area contributed by atoms with Crippen LogP contribution in [-0.4, -0.2) is 23.4 Å². The number of benzene rings is 1. The van der Waals surface area contributed by atoms with Crippen molar-refractivity contribution < 1.29 is 4.79 Å². The summed E-state index contributed by atoms with van der Waals surface area (Å²) >= 11 is 0. The third kappa shape index (κ3) is 2.64. The predicted molar refractivity (Wildman–Crippen MR) is 73.2 cm³/mol. The van der Waals surface area contributed by atoms with Crippen molar-refractivity contribution in [3.8, 4) is 0 Å². The number of carbonyl (C=O) groups excluding carboxylic acids is 1. The Bertz CT molecular complexity index is 396. The van der Waals surface area contributed by atoms with Crippen LogP contribution in [0.3, 0.4) is 0 Å². The zero-order valence-corrected chi connectivity index (χ0v) is 10.9. The van der Waals surface area contributed by atoms with Gasteiger partial charge < -0.3 is 10.3 Å². The Morgan fingerprint density at radius 2 is 1.94 bits per heavy atom. The summed E-state index contributed by atoms with van der Waals surface area (Å²) in [6.45, 7) is 2.83. The topological polar surface area (TPSA) is 58.4 Å². The van der Waals surface area contributed by atoms with Crippen LogP contribution in [0.15, 0.2) is 24.3 Å². The molecule has 4 heteroatoms. The van der Waals surface area contributed by atoms with Crippen LogP contribution in [0.25, 0.3) is 0 Å². The van der Waals surface area contributed by atoms with E-state index < -0.39 is 0 Å². The lowest BCUT2D eigenvalue weighted by Gasteiger charge is -2.27. The van der Waals surface area contributed by atoms with Crippen molar-refractivity contribution in [3.05, 3.63) is 29.8 Å². The first kappa shape index (κ1) is 12.9. The molecule has 1 aromatic carbocycles. The number of amides is 1. The molecule has 4 nitrogen and oxygen atoms in total. The number of nitrogens with zero attached hydrogens (tertiary/aromatic N) is 1. The summed E-state index contributed by atoms with van der Waals surface area (Å²) in [6, 6.07) is 7.74. The molecule has 0 bridgehead atoms. The molecule has 1 saturated carbocycles. The third-order valence-electron chi connectivity index (χ3n) is 3.67. The van der Waals surface area contributed by atoms with Gasteiger partial charge in [-0.25, -0.2) is 0 Å². The van der Waals surface area contributed by atoms with E-state index in [0.29, 0.717) is 6.04 Å². The molecular weight excluding hydrogens is 226 g/mol. The van der Waals surface area contributed by atoms with Crippen LogP contribution in [0.5, 0.6) is 0 Å². The molecule has 1 aliphatic carbocycles. The van der Waals surface area contributed by atoms with Crippen LogP contribution < -0.4 is 11.3 Å². The van der Waals surface area contributed by atoms with Crippen molar-refractivity contribution in [2.75, 3.05) is 12.0 Å². The molecule has 0 atom stereocenters. The van der Waals surface area contributed by atoms with Gasteiger partial charge in [-0.15, -0.1) is 0 Å². The molecule has 0 aromatic heterocycles. The summed E-state index contributed by atoms with van der Waals surface area (Å²) < 4.78 is 0. The van der Waals surface area contributed by atoms with Crippen LogP contribution in [-0.2, 0) is 0 Å². The first-order chi connectivity index (χ1) is 8.76. The lowest BCUT2D eigenvalue weighted by atomic mass is 10.1. The normalized spacial score (nSPS) is 15.7. The van der Waals surface area contributed by atoms with E-state index in [0.717, 1.165) is 30.6 Å². The zero-order valence-electron chi connectivity index (χ0n) is 10.9. The minimum Gasteiger partial charge on any atom is -0.336 e. The van der Waals surface area contributed by atoms with Gasteiger partial charge in [-0.3, -0.25) is 10.6 Å². The van der Waals surface area contributed by atoms with Gasteiger partial charge in [-0.2, -0.15) is 0 Å². The number of nitrogens with one attached hydrogen (secondary N) is 1. The molecule has 0 unspecified atom stereocenters. The predicted octanol–water partition coefficient (Wildman–Crippen LogP) is 2.38. The van der Waals surface area contributed by atoms with E-state index in [2.05, 4.69) is 5.43 Å². The van der Waals surface area contributed by atoms with Crippen LogP contribution >= 0.6 is 0 Å². The quantitative estimate of drug-likeness (QED) is 0.634. The zero-order chi connectivity index (χ0) is 13.0. The highest BCUT2D eigenvalue weighted by Gasteiger charge is 2.25. The summed E-state index contributed by atoms with van der Waals surface area (Å²) in [5, 5.41) is 0. The number of nitrogens with two attached hydrogens (primary N) is 1. The van der Waals surface area contributed by atoms with Crippen LogP contribution in [0.2, 0.25) is 0 Å². The average Bonchev–Trinajstić information content (AvgIpc) is 2.93. The van der Waals surface area contributed by atoms with Crippen molar-refractivity contribution in [1.29, 1.82) is 0 Å². The molecule has 0 heterocycles. The minimum absolute atomic E-state index is 0.132. The van der Waals surface area contributed by atoms with E-state index in [-0.39, 0.29) is 5.91 Å². The molecule has 1 fully saturated rings. The van der Waals surface area contributed by atoms with Crippen molar-refractivity contribution in [2.24, 2.45) is 5.84 Å². The Labute approximate surface area is 108 Å². The molecule has 2 rings (SSSR count). The molecule has 18 heavy (non-hydrogen) atoms. The van der Waals surface area contributed by atoms with Crippen LogP contribution in [0, 0.1) is 0 Å². The number of hydrogen-bond donors (Lipinski definition) is 2. The fourth-order valence-electron chi connectivity index (χ4n) is 2.66.